The molecule has 0 aliphatic rings. The molecule has 0 amide bonds. The van der Waals surface area contributed by atoms with E-state index in [1.165, 1.54) is 0 Å². The van der Waals surface area contributed by atoms with Gasteiger partial charge in [0, 0.05) is 37.7 Å². The van der Waals surface area contributed by atoms with Crippen LogP contribution in [0.1, 0.15) is 0 Å². The van der Waals surface area contributed by atoms with Crippen LogP contribution in [0.4, 0.5) is 13.4 Å². The molecule has 42 valence electrons. The summed E-state index contributed by atoms with van der Waals surface area (Å²) in [6.07, 6.45) is 0. The van der Waals surface area contributed by atoms with E-state index in [1.54, 1.807) is 0 Å². The van der Waals surface area contributed by atoms with Gasteiger partial charge in [-0.1, -0.05) is 13.4 Å². The van der Waals surface area contributed by atoms with Crippen molar-refractivity contribution in [2.75, 3.05) is 0 Å². The number of hydrogen-bond acceptors (Lipinski definition) is 1. The minimum absolute atomic E-state index is 0. The first kappa shape index (κ1) is 15.8. The largest absolute Gasteiger partial charge is 0.412 e. The topological polar surface area (TPSA) is 34.7 Å². The Morgan fingerprint density at radius 1 is 1.00 bits per heavy atom. The van der Waals surface area contributed by atoms with Gasteiger partial charge in [0.1, 0.15) is 0 Å². The van der Waals surface area contributed by atoms with Crippen molar-refractivity contribution in [1.82, 2.24) is 5.57 Å². The molecule has 0 rings (SSSR count). The van der Waals surface area contributed by atoms with E-state index in [9.17, 15) is 13.4 Å². The van der Waals surface area contributed by atoms with Crippen molar-refractivity contribution < 1.29 is 56.7 Å². The van der Waals surface area contributed by atoms with E-state index in [4.69, 9.17) is 0 Å². The van der Waals surface area contributed by atoms with Crippen molar-refractivity contribution in [3.63, 3.8) is 0 Å². The summed E-state index contributed by atoms with van der Waals surface area (Å²) in [4.78, 5) is 0. The van der Waals surface area contributed by atoms with Crippen LogP contribution in [0.15, 0.2) is 0 Å². The van der Waals surface area contributed by atoms with Gasteiger partial charge in [-0.05, 0) is 0 Å². The second-order valence-corrected chi connectivity index (χ2v) is 0.192. The maximum Gasteiger partial charge on any atom is 0.199 e. The van der Waals surface area contributed by atoms with Crippen LogP contribution in [0.2, 0.25) is 0 Å². The molecule has 0 aliphatic heterocycles. The van der Waals surface area contributed by atoms with E-state index in [-0.39, 0.29) is 43.2 Å². The van der Waals surface area contributed by atoms with Crippen molar-refractivity contribution in [3.8, 4) is 0 Å². The van der Waals surface area contributed by atoms with Crippen LogP contribution in [0.5, 0.6) is 0 Å². The predicted molar refractivity (Wildman–Crippen MR) is 8.78 cm³/mol. The number of rotatable bonds is 0. The van der Waals surface area contributed by atoms with Gasteiger partial charge in [0.25, 0.3) is 0 Å². The zero-order chi connectivity index (χ0) is 3.58. The average Bonchev–Trinajstić information content (AvgIpc) is 0.811. The van der Waals surface area contributed by atoms with Crippen molar-refractivity contribution in [2.45, 2.75) is 0 Å². The smallest absolute Gasteiger partial charge is 0.199 e. The van der Waals surface area contributed by atoms with Gasteiger partial charge >= 0.3 is 0 Å². The van der Waals surface area contributed by atoms with Gasteiger partial charge in [-0.3, -0.25) is 0 Å². The Morgan fingerprint density at radius 2 is 1.00 bits per heavy atom. The second-order valence-electron chi connectivity index (χ2n) is 0.192. The van der Waals surface area contributed by atoms with Crippen molar-refractivity contribution >= 4 is 0 Å². The normalized spacial score (nSPS) is 6.00. The monoisotopic (exact) mass is 129 g/mol. The van der Waals surface area contributed by atoms with Crippen LogP contribution in [-0.2, 0) is 0 Å². The van der Waals surface area contributed by atoms with Gasteiger partial charge < -0.3 is 5.48 Å². The van der Waals surface area contributed by atoms with Gasteiger partial charge in [-0.15, -0.1) is 0 Å². The maximum atomic E-state index is 9.50. The fraction of sp³-hybridized carbons (Fsp3) is 0. The Morgan fingerprint density at radius 3 is 1.00 bits per heavy atom. The Labute approximate surface area is 62.0 Å². The Balaban J connectivity index is -0.0000000450. The third-order valence-electron chi connectivity index (χ3n) is 0. The third-order valence-corrected chi connectivity index (χ3v) is 0. The molecule has 0 fully saturated rings. The van der Waals surface area contributed by atoms with Crippen molar-refractivity contribution in [2.24, 2.45) is 0 Å². The molecular formula is H2ArF3NO. The first-order valence-electron chi connectivity index (χ1n) is 0.507. The molecule has 0 saturated carbocycles. The fourth-order valence-electron chi connectivity index (χ4n) is 0. The van der Waals surface area contributed by atoms with E-state index < -0.39 is 5.57 Å². The van der Waals surface area contributed by atoms with Crippen LogP contribution < -0.4 is 0 Å². The van der Waals surface area contributed by atoms with Crippen LogP contribution in [0.3, 0.4) is 0 Å². The van der Waals surface area contributed by atoms with Crippen LogP contribution in [-0.4, -0.2) is 11.0 Å². The van der Waals surface area contributed by atoms with E-state index in [0.29, 0.717) is 0 Å². The molecule has 0 spiro atoms. The molecule has 2 nitrogen and oxygen atoms in total. The fourth-order valence-corrected chi connectivity index (χ4v) is 0. The maximum absolute atomic E-state index is 9.50. The molecule has 0 aromatic rings. The zero-order valence-electron chi connectivity index (χ0n) is 2.43. The Kier molecular flexibility index (Phi) is 24.6. The van der Waals surface area contributed by atoms with Crippen LogP contribution in [0, 0.1) is 37.7 Å². The first-order chi connectivity index (χ1) is 1.73. The van der Waals surface area contributed by atoms with Gasteiger partial charge in [0.15, 0.2) is 5.57 Å². The average molecular weight is 129 g/mol. The summed E-state index contributed by atoms with van der Waals surface area (Å²) in [5, 5.41) is 0. The van der Waals surface area contributed by atoms with Crippen LogP contribution in [0.25, 0.3) is 0 Å². The summed E-state index contributed by atoms with van der Waals surface area (Å²) in [6, 6.07) is 0. The summed E-state index contributed by atoms with van der Waals surface area (Å²) in [5.74, 6) is 0. The van der Waals surface area contributed by atoms with E-state index >= 15 is 0 Å². The summed E-state index contributed by atoms with van der Waals surface area (Å²) < 4.78 is 28.5. The molecule has 0 saturated heterocycles. The molecule has 0 radical (unpaired) electrons. The summed E-state index contributed by atoms with van der Waals surface area (Å²) in [7, 11) is 0. The minimum Gasteiger partial charge on any atom is -0.412 e. The summed E-state index contributed by atoms with van der Waals surface area (Å²) in [6.45, 7) is 0. The Bertz CT molecular complexity index is 15.5. The van der Waals surface area contributed by atoms with Gasteiger partial charge in [-0.2, -0.15) is 0 Å². The summed E-state index contributed by atoms with van der Waals surface area (Å²) >= 11 is 0. The van der Waals surface area contributed by atoms with Gasteiger partial charge in [-0.25, -0.2) is 0 Å². The minimum atomic E-state index is -2.50. The quantitative estimate of drug-likeness (QED) is 0.427. The third kappa shape index (κ3) is 83.3. The molecule has 0 aromatic carbocycles. The molecule has 6 heavy (non-hydrogen) atoms. The molecule has 2 N–H and O–H groups in total. The number of nitrogens with zero attached hydrogens (tertiary/aromatic N) is 1. The van der Waals surface area contributed by atoms with E-state index in [2.05, 4.69) is 0 Å². The van der Waals surface area contributed by atoms with E-state index in [0.717, 1.165) is 0 Å². The molecule has 0 atom stereocenters. The zero-order valence-corrected chi connectivity index (χ0v) is 3.14. The molecule has 0 bridgehead atoms. The van der Waals surface area contributed by atoms with Gasteiger partial charge in [0.2, 0.25) is 0 Å². The van der Waals surface area contributed by atoms with Crippen molar-refractivity contribution in [1.29, 1.82) is 0 Å². The Hall–Kier alpha value is 0.970. The second kappa shape index (κ2) is 9.36. The van der Waals surface area contributed by atoms with Crippen molar-refractivity contribution in [3.05, 3.63) is 0 Å². The summed E-state index contributed by atoms with van der Waals surface area (Å²) in [5.41, 5.74) is -2.50. The first-order valence-corrected chi connectivity index (χ1v) is 0.507. The number of hydrogen-bond donors (Lipinski definition) is 0. The molecule has 6 heteroatoms. The SMILES string of the molecule is FN(F)F.O.[Ar]. The molecular weight excluding hydrogens is 127 g/mol. The van der Waals surface area contributed by atoms with Gasteiger partial charge in [0.05, 0.1) is 0 Å². The number of halogens is 3. The molecule has 0 aliphatic carbocycles. The predicted octanol–water partition coefficient (Wildman–Crippen LogP) is 0.117. The standard InChI is InChI=1S/Ar.F3N.H2O/c;1-4(2)3;/h;;1H2. The molecule has 0 aromatic heterocycles. The molecule has 0 heterocycles. The van der Waals surface area contributed by atoms with Crippen LogP contribution >= 0.6 is 0 Å². The van der Waals surface area contributed by atoms with E-state index in [1.807, 2.05) is 0 Å². The molecule has 0 unspecified atom stereocenters.